The monoisotopic (exact) mass is 262 g/mol. The fourth-order valence-electron chi connectivity index (χ4n) is 3.08. The highest BCUT2D eigenvalue weighted by atomic mass is 16.5. The summed E-state index contributed by atoms with van der Waals surface area (Å²) in [6, 6.07) is 10.6. The summed E-state index contributed by atoms with van der Waals surface area (Å²) in [6.07, 6.45) is 2.57. The Bertz CT molecular complexity index is 378. The van der Waals surface area contributed by atoms with Gasteiger partial charge in [-0.1, -0.05) is 37.3 Å². The number of ether oxygens (including phenoxy) is 1. The molecule has 2 rings (SSSR count). The molecule has 3 heteroatoms. The molecule has 2 N–H and O–H groups in total. The molecule has 0 aromatic heterocycles. The normalized spacial score (nSPS) is 18.5. The average Bonchev–Trinajstić information content (AvgIpc) is 3.28. The van der Waals surface area contributed by atoms with E-state index in [1.807, 2.05) is 0 Å². The number of nitrogens with zero attached hydrogens (tertiary/aromatic N) is 1. The second-order valence-corrected chi connectivity index (χ2v) is 5.51. The van der Waals surface area contributed by atoms with Crippen molar-refractivity contribution in [1.29, 1.82) is 0 Å². The van der Waals surface area contributed by atoms with Crippen molar-refractivity contribution in [3.8, 4) is 0 Å². The number of likely N-dealkylation sites (N-methyl/N-ethyl adjacent to an activating group) is 1. The zero-order valence-corrected chi connectivity index (χ0v) is 12.1. The van der Waals surface area contributed by atoms with E-state index in [4.69, 9.17) is 10.5 Å². The second kappa shape index (κ2) is 6.51. The Hall–Kier alpha value is -0.900. The Morgan fingerprint density at radius 2 is 2.00 bits per heavy atom. The molecule has 0 bridgehead atoms. The van der Waals surface area contributed by atoms with Crippen molar-refractivity contribution in [3.63, 3.8) is 0 Å². The predicted octanol–water partition coefficient (Wildman–Crippen LogP) is 2.26. The Morgan fingerprint density at radius 1 is 1.32 bits per heavy atom. The SMILES string of the molecule is CCN(Cc1ccccc1)C(CN)(COC)C1CC1. The third kappa shape index (κ3) is 3.16. The summed E-state index contributed by atoms with van der Waals surface area (Å²) < 4.78 is 5.50. The molecule has 1 aromatic carbocycles. The van der Waals surface area contributed by atoms with Gasteiger partial charge in [-0.15, -0.1) is 0 Å². The molecule has 1 aliphatic carbocycles. The van der Waals surface area contributed by atoms with E-state index < -0.39 is 0 Å². The van der Waals surface area contributed by atoms with Crippen LogP contribution in [0.15, 0.2) is 30.3 Å². The van der Waals surface area contributed by atoms with Gasteiger partial charge in [0.25, 0.3) is 0 Å². The van der Waals surface area contributed by atoms with Crippen molar-refractivity contribution in [2.45, 2.75) is 31.8 Å². The number of rotatable bonds is 8. The molecular formula is C16H26N2O. The van der Waals surface area contributed by atoms with Crippen molar-refractivity contribution in [1.82, 2.24) is 4.90 Å². The Labute approximate surface area is 116 Å². The maximum atomic E-state index is 6.14. The van der Waals surface area contributed by atoms with Crippen LogP contribution in [0.3, 0.4) is 0 Å². The molecule has 1 atom stereocenters. The van der Waals surface area contributed by atoms with Crippen molar-refractivity contribution in [2.75, 3.05) is 26.8 Å². The first-order valence-electron chi connectivity index (χ1n) is 7.24. The van der Waals surface area contributed by atoms with Gasteiger partial charge in [0, 0.05) is 20.2 Å². The zero-order valence-electron chi connectivity index (χ0n) is 12.1. The van der Waals surface area contributed by atoms with E-state index in [2.05, 4.69) is 42.2 Å². The fraction of sp³-hybridized carbons (Fsp3) is 0.625. The lowest BCUT2D eigenvalue weighted by Gasteiger charge is -2.43. The lowest BCUT2D eigenvalue weighted by molar-refractivity contribution is -0.00311. The average molecular weight is 262 g/mol. The maximum absolute atomic E-state index is 6.14. The van der Waals surface area contributed by atoms with E-state index in [1.165, 1.54) is 18.4 Å². The largest absolute Gasteiger partial charge is 0.383 e. The zero-order chi connectivity index (χ0) is 13.7. The van der Waals surface area contributed by atoms with E-state index >= 15 is 0 Å². The predicted molar refractivity (Wildman–Crippen MR) is 78.9 cm³/mol. The topological polar surface area (TPSA) is 38.5 Å². The van der Waals surface area contributed by atoms with Crippen LogP contribution in [-0.2, 0) is 11.3 Å². The fourth-order valence-corrected chi connectivity index (χ4v) is 3.08. The highest BCUT2D eigenvalue weighted by Gasteiger charge is 2.47. The number of hydrogen-bond donors (Lipinski definition) is 1. The molecule has 1 aromatic rings. The third-order valence-electron chi connectivity index (χ3n) is 4.31. The standard InChI is InChI=1S/C16H26N2O/c1-3-18(11-14-7-5-4-6-8-14)16(12-17,13-19-2)15-9-10-15/h4-8,15H,3,9-13,17H2,1-2H3. The van der Waals surface area contributed by atoms with Crippen molar-refractivity contribution in [2.24, 2.45) is 11.7 Å². The van der Waals surface area contributed by atoms with Crippen LogP contribution in [0.25, 0.3) is 0 Å². The molecule has 0 amide bonds. The van der Waals surface area contributed by atoms with Crippen LogP contribution >= 0.6 is 0 Å². The molecule has 1 aliphatic rings. The van der Waals surface area contributed by atoms with Gasteiger partial charge in [-0.25, -0.2) is 0 Å². The van der Waals surface area contributed by atoms with Crippen LogP contribution in [0.5, 0.6) is 0 Å². The molecule has 0 saturated heterocycles. The van der Waals surface area contributed by atoms with E-state index in [0.717, 1.165) is 19.7 Å². The molecule has 3 nitrogen and oxygen atoms in total. The quantitative estimate of drug-likeness (QED) is 0.781. The highest BCUT2D eigenvalue weighted by Crippen LogP contribution is 2.43. The van der Waals surface area contributed by atoms with Crippen LogP contribution in [0.2, 0.25) is 0 Å². The van der Waals surface area contributed by atoms with E-state index in [0.29, 0.717) is 12.5 Å². The van der Waals surface area contributed by atoms with Gasteiger partial charge in [0.15, 0.2) is 0 Å². The third-order valence-corrected chi connectivity index (χ3v) is 4.31. The van der Waals surface area contributed by atoms with Crippen LogP contribution in [-0.4, -0.2) is 37.2 Å². The summed E-state index contributed by atoms with van der Waals surface area (Å²) in [7, 11) is 1.78. The van der Waals surface area contributed by atoms with E-state index in [9.17, 15) is 0 Å². The lowest BCUT2D eigenvalue weighted by atomic mass is 9.91. The van der Waals surface area contributed by atoms with Gasteiger partial charge >= 0.3 is 0 Å². The summed E-state index contributed by atoms with van der Waals surface area (Å²) >= 11 is 0. The van der Waals surface area contributed by atoms with E-state index in [-0.39, 0.29) is 5.54 Å². The van der Waals surface area contributed by atoms with Gasteiger partial charge < -0.3 is 10.5 Å². The van der Waals surface area contributed by atoms with Crippen LogP contribution < -0.4 is 5.73 Å². The van der Waals surface area contributed by atoms with Crippen LogP contribution in [0.4, 0.5) is 0 Å². The molecule has 106 valence electrons. The summed E-state index contributed by atoms with van der Waals surface area (Å²) in [5.74, 6) is 0.695. The molecule has 0 spiro atoms. The molecular weight excluding hydrogens is 236 g/mol. The minimum Gasteiger partial charge on any atom is -0.383 e. The second-order valence-electron chi connectivity index (χ2n) is 5.51. The van der Waals surface area contributed by atoms with E-state index in [1.54, 1.807) is 7.11 Å². The summed E-state index contributed by atoms with van der Waals surface area (Å²) in [5.41, 5.74) is 7.50. The van der Waals surface area contributed by atoms with Crippen molar-refractivity contribution >= 4 is 0 Å². The lowest BCUT2D eigenvalue weighted by Crippen LogP contribution is -2.58. The van der Waals surface area contributed by atoms with Gasteiger partial charge in [0.05, 0.1) is 12.1 Å². The van der Waals surface area contributed by atoms with Crippen LogP contribution in [0.1, 0.15) is 25.3 Å². The molecule has 0 radical (unpaired) electrons. The van der Waals surface area contributed by atoms with Gasteiger partial charge in [0.1, 0.15) is 0 Å². The first-order chi connectivity index (χ1) is 9.26. The minimum absolute atomic E-state index is 0.0132. The number of nitrogens with two attached hydrogens (primary N) is 1. The number of methoxy groups -OCH3 is 1. The molecule has 1 unspecified atom stereocenters. The van der Waals surface area contributed by atoms with Gasteiger partial charge in [-0.2, -0.15) is 0 Å². The number of benzene rings is 1. The van der Waals surface area contributed by atoms with Crippen LogP contribution in [0, 0.1) is 5.92 Å². The first kappa shape index (κ1) is 14.5. The Kier molecular flexibility index (Phi) is 4.97. The van der Waals surface area contributed by atoms with Gasteiger partial charge in [-0.3, -0.25) is 4.90 Å². The molecule has 19 heavy (non-hydrogen) atoms. The Morgan fingerprint density at radius 3 is 2.47 bits per heavy atom. The minimum atomic E-state index is 0.0132. The molecule has 0 heterocycles. The first-order valence-corrected chi connectivity index (χ1v) is 7.24. The van der Waals surface area contributed by atoms with Gasteiger partial charge in [-0.05, 0) is 30.9 Å². The number of hydrogen-bond acceptors (Lipinski definition) is 3. The van der Waals surface area contributed by atoms with Crippen molar-refractivity contribution < 1.29 is 4.74 Å². The Balaban J connectivity index is 2.17. The van der Waals surface area contributed by atoms with Gasteiger partial charge in [0.2, 0.25) is 0 Å². The smallest absolute Gasteiger partial charge is 0.0661 e. The summed E-state index contributed by atoms with van der Waals surface area (Å²) in [4.78, 5) is 2.50. The maximum Gasteiger partial charge on any atom is 0.0661 e. The molecule has 0 aliphatic heterocycles. The molecule has 1 saturated carbocycles. The van der Waals surface area contributed by atoms with Crippen molar-refractivity contribution in [3.05, 3.63) is 35.9 Å². The summed E-state index contributed by atoms with van der Waals surface area (Å²) in [6.45, 7) is 5.58. The molecule has 1 fully saturated rings. The highest BCUT2D eigenvalue weighted by molar-refractivity contribution is 5.16. The summed E-state index contributed by atoms with van der Waals surface area (Å²) in [5, 5.41) is 0.